The van der Waals surface area contributed by atoms with Crippen molar-refractivity contribution in [2.75, 3.05) is 7.11 Å². The van der Waals surface area contributed by atoms with Crippen LogP contribution < -0.4 is 9.46 Å². The molecule has 0 bridgehead atoms. The summed E-state index contributed by atoms with van der Waals surface area (Å²) < 4.78 is 46.0. The number of aromatic nitrogens is 1. The largest absolute Gasteiger partial charge is 0.497 e. The van der Waals surface area contributed by atoms with Gasteiger partial charge in [-0.1, -0.05) is 0 Å². The van der Waals surface area contributed by atoms with Crippen LogP contribution in [-0.2, 0) is 16.6 Å². The molecule has 3 aromatic rings. The molecule has 1 N–H and O–H groups in total. The summed E-state index contributed by atoms with van der Waals surface area (Å²) in [5, 5.41) is 0. The van der Waals surface area contributed by atoms with Gasteiger partial charge in [0.25, 0.3) is 0 Å². The van der Waals surface area contributed by atoms with Crippen molar-refractivity contribution in [2.24, 2.45) is 0 Å². The number of hydrogen-bond acceptors (Lipinski definition) is 4. The maximum atomic E-state index is 13.1. The van der Waals surface area contributed by atoms with Crippen LogP contribution in [0.25, 0.3) is 11.3 Å². The Morgan fingerprint density at radius 1 is 1.04 bits per heavy atom. The molecule has 0 spiro atoms. The molecule has 3 rings (SSSR count). The molecule has 0 saturated carbocycles. The zero-order chi connectivity index (χ0) is 20.3. The highest BCUT2D eigenvalue weighted by Crippen LogP contribution is 2.27. The molecular weight excluding hydrogens is 379 g/mol. The molecule has 1 aromatic heterocycles. The Labute approximate surface area is 164 Å². The first-order valence-corrected chi connectivity index (χ1v) is 10.2. The van der Waals surface area contributed by atoms with E-state index in [9.17, 15) is 12.8 Å². The van der Waals surface area contributed by atoms with E-state index in [1.807, 2.05) is 44.2 Å². The van der Waals surface area contributed by atoms with Crippen LogP contribution in [0.5, 0.6) is 5.75 Å². The van der Waals surface area contributed by atoms with Crippen LogP contribution in [0.4, 0.5) is 4.39 Å². The summed E-state index contributed by atoms with van der Waals surface area (Å²) in [6.07, 6.45) is 0. The maximum absolute atomic E-state index is 13.1. The summed E-state index contributed by atoms with van der Waals surface area (Å²) in [4.78, 5) is 4.63. The third kappa shape index (κ3) is 4.37. The lowest BCUT2D eigenvalue weighted by molar-refractivity contribution is 0.415. The van der Waals surface area contributed by atoms with Crippen LogP contribution in [0.1, 0.15) is 16.8 Å². The van der Waals surface area contributed by atoms with Gasteiger partial charge < -0.3 is 4.74 Å². The van der Waals surface area contributed by atoms with Gasteiger partial charge in [-0.25, -0.2) is 17.5 Å². The second-order valence-electron chi connectivity index (χ2n) is 6.41. The van der Waals surface area contributed by atoms with Gasteiger partial charge in [-0.15, -0.1) is 0 Å². The number of methoxy groups -OCH3 is 1. The summed E-state index contributed by atoms with van der Waals surface area (Å²) in [5.74, 6) is 0.242. The van der Waals surface area contributed by atoms with Gasteiger partial charge in [0.05, 0.1) is 17.7 Å². The van der Waals surface area contributed by atoms with E-state index in [1.54, 1.807) is 7.11 Å². The van der Waals surface area contributed by atoms with Crippen molar-refractivity contribution >= 4 is 10.0 Å². The van der Waals surface area contributed by atoms with Crippen LogP contribution >= 0.6 is 0 Å². The van der Waals surface area contributed by atoms with Gasteiger partial charge in [0, 0.05) is 17.8 Å². The molecule has 2 aromatic carbocycles. The molecule has 5 nitrogen and oxygen atoms in total. The van der Waals surface area contributed by atoms with Crippen molar-refractivity contribution in [3.05, 3.63) is 77.2 Å². The van der Waals surface area contributed by atoms with E-state index in [2.05, 4.69) is 9.71 Å². The quantitative estimate of drug-likeness (QED) is 0.679. The summed E-state index contributed by atoms with van der Waals surface area (Å²) in [7, 11) is -2.18. The molecule has 0 radical (unpaired) electrons. The SMILES string of the molecule is COc1ccc(-c2nc(C)cc(C)c2CNS(=O)(=O)c2ccc(F)cc2)cc1. The summed E-state index contributed by atoms with van der Waals surface area (Å²) in [6, 6.07) is 14.1. The van der Waals surface area contributed by atoms with E-state index in [0.29, 0.717) is 5.69 Å². The first-order valence-electron chi connectivity index (χ1n) is 8.67. The highest BCUT2D eigenvalue weighted by atomic mass is 32.2. The van der Waals surface area contributed by atoms with Crippen LogP contribution in [0.15, 0.2) is 59.5 Å². The zero-order valence-corrected chi connectivity index (χ0v) is 16.7. The monoisotopic (exact) mass is 400 g/mol. The predicted molar refractivity (Wildman–Crippen MR) is 106 cm³/mol. The highest BCUT2D eigenvalue weighted by Gasteiger charge is 2.17. The Morgan fingerprint density at radius 2 is 1.68 bits per heavy atom. The molecule has 0 saturated heterocycles. The molecule has 28 heavy (non-hydrogen) atoms. The number of nitrogens with one attached hydrogen (secondary N) is 1. The lowest BCUT2D eigenvalue weighted by atomic mass is 10.0. The molecular formula is C21H21FN2O3S. The molecule has 1 heterocycles. The third-order valence-corrected chi connectivity index (χ3v) is 5.82. The number of nitrogens with zero attached hydrogens (tertiary/aromatic N) is 1. The normalized spacial score (nSPS) is 11.4. The van der Waals surface area contributed by atoms with Crippen molar-refractivity contribution in [3.8, 4) is 17.0 Å². The third-order valence-electron chi connectivity index (χ3n) is 4.40. The minimum absolute atomic E-state index is 0.0117. The number of hydrogen-bond donors (Lipinski definition) is 1. The molecule has 146 valence electrons. The van der Waals surface area contributed by atoms with Gasteiger partial charge in [-0.05, 0) is 79.6 Å². The van der Waals surface area contributed by atoms with Gasteiger partial charge in [0.15, 0.2) is 0 Å². The van der Waals surface area contributed by atoms with Crippen LogP contribution in [0, 0.1) is 19.7 Å². The summed E-state index contributed by atoms with van der Waals surface area (Å²) in [5.41, 5.74) is 4.13. The Balaban J connectivity index is 1.94. The number of sulfonamides is 1. The van der Waals surface area contributed by atoms with Gasteiger partial charge in [0.1, 0.15) is 11.6 Å². The van der Waals surface area contributed by atoms with Crippen molar-refractivity contribution in [1.82, 2.24) is 9.71 Å². The van der Waals surface area contributed by atoms with Gasteiger partial charge in [0.2, 0.25) is 10.0 Å². The lowest BCUT2D eigenvalue weighted by Crippen LogP contribution is -2.24. The fourth-order valence-electron chi connectivity index (χ4n) is 2.94. The van der Waals surface area contributed by atoms with E-state index in [1.165, 1.54) is 12.1 Å². The Kier molecular flexibility index (Phi) is 5.76. The van der Waals surface area contributed by atoms with Crippen molar-refractivity contribution in [3.63, 3.8) is 0 Å². The molecule has 0 amide bonds. The summed E-state index contributed by atoms with van der Waals surface area (Å²) >= 11 is 0. The number of aryl methyl sites for hydroxylation is 2. The molecule has 0 aliphatic heterocycles. The summed E-state index contributed by atoms with van der Waals surface area (Å²) in [6.45, 7) is 3.88. The van der Waals surface area contributed by atoms with Crippen LogP contribution in [0.3, 0.4) is 0 Å². The standard InChI is InChI=1S/C21H21FN2O3S/c1-14-12-15(2)24-21(16-4-8-18(27-3)9-5-16)20(14)13-23-28(25,26)19-10-6-17(22)7-11-19/h4-12,23H,13H2,1-3H3. The molecule has 0 atom stereocenters. The number of benzene rings is 2. The van der Waals surface area contributed by atoms with Crippen LogP contribution in [0.2, 0.25) is 0 Å². The minimum Gasteiger partial charge on any atom is -0.497 e. The van der Waals surface area contributed by atoms with E-state index in [-0.39, 0.29) is 11.4 Å². The first-order chi connectivity index (χ1) is 13.3. The Morgan fingerprint density at radius 3 is 2.29 bits per heavy atom. The van der Waals surface area contributed by atoms with Gasteiger partial charge in [-0.3, -0.25) is 4.98 Å². The fraction of sp³-hybridized carbons (Fsp3) is 0.190. The van der Waals surface area contributed by atoms with Gasteiger partial charge >= 0.3 is 0 Å². The highest BCUT2D eigenvalue weighted by molar-refractivity contribution is 7.89. The number of rotatable bonds is 6. The first kappa shape index (κ1) is 20.0. The van der Waals surface area contributed by atoms with Crippen LogP contribution in [-0.4, -0.2) is 20.5 Å². The Hall–Kier alpha value is -2.77. The van der Waals surface area contributed by atoms with E-state index >= 15 is 0 Å². The number of halogens is 1. The fourth-order valence-corrected chi connectivity index (χ4v) is 3.93. The molecule has 0 unspecified atom stereocenters. The van der Waals surface area contributed by atoms with Crippen molar-refractivity contribution < 1.29 is 17.5 Å². The predicted octanol–water partition coefficient (Wildman–Crippen LogP) is 3.99. The van der Waals surface area contributed by atoms with Crippen molar-refractivity contribution in [2.45, 2.75) is 25.3 Å². The maximum Gasteiger partial charge on any atom is 0.240 e. The average molecular weight is 400 g/mol. The molecule has 7 heteroatoms. The second kappa shape index (κ2) is 8.08. The minimum atomic E-state index is -3.78. The second-order valence-corrected chi connectivity index (χ2v) is 8.18. The zero-order valence-electron chi connectivity index (χ0n) is 15.9. The van der Waals surface area contributed by atoms with Crippen molar-refractivity contribution in [1.29, 1.82) is 0 Å². The number of pyridine rings is 1. The van der Waals surface area contributed by atoms with E-state index in [4.69, 9.17) is 4.74 Å². The topological polar surface area (TPSA) is 68.3 Å². The average Bonchev–Trinajstić information content (AvgIpc) is 2.67. The van der Waals surface area contributed by atoms with E-state index < -0.39 is 15.8 Å². The Bertz CT molecular complexity index is 1080. The van der Waals surface area contributed by atoms with Gasteiger partial charge in [-0.2, -0.15) is 0 Å². The molecule has 0 aliphatic rings. The molecule has 0 aliphatic carbocycles. The number of ether oxygens (including phenoxy) is 1. The van der Waals surface area contributed by atoms with E-state index in [0.717, 1.165) is 40.3 Å². The lowest BCUT2D eigenvalue weighted by Gasteiger charge is -2.15. The molecule has 0 fully saturated rings. The smallest absolute Gasteiger partial charge is 0.240 e.